The molecule has 0 unspecified atom stereocenters. The third-order valence-corrected chi connectivity index (χ3v) is 2.69. The minimum absolute atomic E-state index is 0.00402. The van der Waals surface area contributed by atoms with Gasteiger partial charge in [0.05, 0.1) is 18.2 Å². The number of aromatic nitrogens is 6. The van der Waals surface area contributed by atoms with Crippen LogP contribution in [-0.4, -0.2) is 42.5 Å². The molecule has 4 N–H and O–H groups in total. The molecule has 0 aliphatic rings. The Kier molecular flexibility index (Phi) is 4.48. The number of hydrogen-bond acceptors (Lipinski definition) is 9. The molecule has 21 heavy (non-hydrogen) atoms. The van der Waals surface area contributed by atoms with Crippen LogP contribution in [0.15, 0.2) is 0 Å². The Bertz CT molecular complexity index is 638. The van der Waals surface area contributed by atoms with Gasteiger partial charge in [0, 0.05) is 0 Å². The SMILES string of the molecule is CCOC(=O)c1nnn(Cc2nc(N)nc(N)n2)c1CCl. The summed E-state index contributed by atoms with van der Waals surface area (Å²) in [5.41, 5.74) is 11.4. The van der Waals surface area contributed by atoms with Crippen molar-refractivity contribution >= 4 is 29.5 Å². The van der Waals surface area contributed by atoms with Crippen molar-refractivity contribution in [1.29, 1.82) is 0 Å². The van der Waals surface area contributed by atoms with Crippen LogP contribution in [0, 0.1) is 0 Å². The van der Waals surface area contributed by atoms with E-state index in [9.17, 15) is 4.79 Å². The van der Waals surface area contributed by atoms with Crippen molar-refractivity contribution in [3.05, 3.63) is 17.2 Å². The molecule has 0 amide bonds. The molecular formula is C10H13ClN8O2. The number of alkyl halides is 1. The summed E-state index contributed by atoms with van der Waals surface area (Å²) in [5.74, 6) is -0.288. The maximum absolute atomic E-state index is 11.7. The van der Waals surface area contributed by atoms with Gasteiger partial charge >= 0.3 is 5.97 Å². The highest BCUT2D eigenvalue weighted by Gasteiger charge is 2.20. The molecule has 11 heteroatoms. The average Bonchev–Trinajstić information content (AvgIpc) is 2.80. The Labute approximate surface area is 124 Å². The molecule has 0 saturated heterocycles. The molecule has 0 aliphatic carbocycles. The lowest BCUT2D eigenvalue weighted by atomic mass is 10.3. The molecule has 10 nitrogen and oxygen atoms in total. The van der Waals surface area contributed by atoms with Crippen LogP contribution in [0.1, 0.15) is 28.9 Å². The highest BCUT2D eigenvalue weighted by atomic mass is 35.5. The minimum atomic E-state index is -0.589. The number of ether oxygens (including phenoxy) is 1. The van der Waals surface area contributed by atoms with Crippen LogP contribution in [0.25, 0.3) is 0 Å². The lowest BCUT2D eigenvalue weighted by molar-refractivity contribution is 0.0518. The molecule has 0 saturated carbocycles. The van der Waals surface area contributed by atoms with Crippen LogP contribution >= 0.6 is 11.6 Å². The highest BCUT2D eigenvalue weighted by molar-refractivity contribution is 6.17. The molecular weight excluding hydrogens is 300 g/mol. The second-order valence-electron chi connectivity index (χ2n) is 3.86. The van der Waals surface area contributed by atoms with Crippen molar-refractivity contribution in [2.75, 3.05) is 18.1 Å². The first-order valence-electron chi connectivity index (χ1n) is 5.96. The molecule has 0 radical (unpaired) electrons. The fraction of sp³-hybridized carbons (Fsp3) is 0.400. The zero-order valence-corrected chi connectivity index (χ0v) is 11.9. The van der Waals surface area contributed by atoms with Gasteiger partial charge in [-0.2, -0.15) is 15.0 Å². The predicted molar refractivity (Wildman–Crippen MR) is 73.3 cm³/mol. The number of hydrogen-bond donors (Lipinski definition) is 2. The van der Waals surface area contributed by atoms with E-state index in [1.54, 1.807) is 6.92 Å². The van der Waals surface area contributed by atoms with Crippen LogP contribution in [0.2, 0.25) is 0 Å². The van der Waals surface area contributed by atoms with Gasteiger partial charge in [-0.3, -0.25) is 0 Å². The first-order chi connectivity index (χ1) is 10.0. The van der Waals surface area contributed by atoms with E-state index in [0.717, 1.165) is 0 Å². The van der Waals surface area contributed by atoms with Crippen molar-refractivity contribution in [3.8, 4) is 0 Å². The van der Waals surface area contributed by atoms with Gasteiger partial charge in [0.2, 0.25) is 11.9 Å². The van der Waals surface area contributed by atoms with Gasteiger partial charge in [-0.15, -0.1) is 16.7 Å². The fourth-order valence-electron chi connectivity index (χ4n) is 1.61. The van der Waals surface area contributed by atoms with E-state index in [-0.39, 0.29) is 42.4 Å². The molecule has 0 aliphatic heterocycles. The van der Waals surface area contributed by atoms with Crippen LogP contribution < -0.4 is 11.5 Å². The van der Waals surface area contributed by atoms with Crippen molar-refractivity contribution < 1.29 is 9.53 Å². The maximum atomic E-state index is 11.7. The molecule has 0 spiro atoms. The van der Waals surface area contributed by atoms with Crippen LogP contribution in [-0.2, 0) is 17.2 Å². The molecule has 0 atom stereocenters. The van der Waals surface area contributed by atoms with E-state index in [2.05, 4.69) is 25.3 Å². The van der Waals surface area contributed by atoms with Crippen molar-refractivity contribution in [1.82, 2.24) is 29.9 Å². The number of carbonyl (C=O) groups is 1. The minimum Gasteiger partial charge on any atom is -0.461 e. The number of carbonyl (C=O) groups excluding carboxylic acids is 1. The van der Waals surface area contributed by atoms with Crippen molar-refractivity contribution in [2.24, 2.45) is 0 Å². The molecule has 2 aromatic rings. The Hall–Kier alpha value is -2.49. The smallest absolute Gasteiger partial charge is 0.360 e. The van der Waals surface area contributed by atoms with Gasteiger partial charge in [0.15, 0.2) is 11.5 Å². The predicted octanol–water partition coefficient (Wildman–Crippen LogP) is -0.409. The molecule has 2 heterocycles. The Morgan fingerprint density at radius 1 is 1.29 bits per heavy atom. The summed E-state index contributed by atoms with van der Waals surface area (Å²) in [7, 11) is 0. The van der Waals surface area contributed by atoms with Gasteiger partial charge in [-0.05, 0) is 6.92 Å². The Balaban J connectivity index is 2.30. The van der Waals surface area contributed by atoms with Crippen LogP contribution in [0.5, 0.6) is 0 Å². The molecule has 2 aromatic heterocycles. The number of esters is 1. The summed E-state index contributed by atoms with van der Waals surface area (Å²) in [6.07, 6.45) is 0. The first-order valence-corrected chi connectivity index (χ1v) is 6.50. The summed E-state index contributed by atoms with van der Waals surface area (Å²) < 4.78 is 6.26. The second-order valence-corrected chi connectivity index (χ2v) is 4.13. The molecule has 0 aromatic carbocycles. The Morgan fingerprint density at radius 3 is 2.52 bits per heavy atom. The van der Waals surface area contributed by atoms with Gasteiger partial charge in [-0.25, -0.2) is 9.48 Å². The number of nitrogen functional groups attached to an aromatic ring is 2. The van der Waals surface area contributed by atoms with Crippen molar-refractivity contribution in [2.45, 2.75) is 19.3 Å². The second kappa shape index (κ2) is 6.31. The van der Waals surface area contributed by atoms with Crippen LogP contribution in [0.3, 0.4) is 0 Å². The Morgan fingerprint density at radius 2 is 1.95 bits per heavy atom. The van der Waals surface area contributed by atoms with Crippen LogP contribution in [0.4, 0.5) is 11.9 Å². The lowest BCUT2D eigenvalue weighted by Crippen LogP contribution is -2.14. The number of halogens is 1. The van der Waals surface area contributed by atoms with Crippen molar-refractivity contribution in [3.63, 3.8) is 0 Å². The normalized spacial score (nSPS) is 10.6. The van der Waals surface area contributed by atoms with Gasteiger partial charge in [0.25, 0.3) is 0 Å². The van der Waals surface area contributed by atoms with E-state index in [1.807, 2.05) is 0 Å². The van der Waals surface area contributed by atoms with Gasteiger partial charge < -0.3 is 16.2 Å². The zero-order chi connectivity index (χ0) is 15.4. The average molecular weight is 313 g/mol. The molecule has 0 fully saturated rings. The lowest BCUT2D eigenvalue weighted by Gasteiger charge is -2.05. The number of nitrogens with zero attached hydrogens (tertiary/aromatic N) is 6. The number of nitrogens with two attached hydrogens (primary N) is 2. The monoisotopic (exact) mass is 312 g/mol. The van der Waals surface area contributed by atoms with E-state index < -0.39 is 5.97 Å². The topological polar surface area (TPSA) is 148 Å². The molecule has 0 bridgehead atoms. The summed E-state index contributed by atoms with van der Waals surface area (Å²) in [6.45, 7) is 2.03. The van der Waals surface area contributed by atoms with Gasteiger partial charge in [-0.1, -0.05) is 5.21 Å². The van der Waals surface area contributed by atoms with E-state index in [1.165, 1.54) is 4.68 Å². The molecule has 2 rings (SSSR count). The zero-order valence-electron chi connectivity index (χ0n) is 11.2. The summed E-state index contributed by atoms with van der Waals surface area (Å²) in [4.78, 5) is 23.2. The summed E-state index contributed by atoms with van der Waals surface area (Å²) >= 11 is 5.84. The van der Waals surface area contributed by atoms with E-state index in [4.69, 9.17) is 27.8 Å². The fourth-order valence-corrected chi connectivity index (χ4v) is 1.88. The van der Waals surface area contributed by atoms with E-state index in [0.29, 0.717) is 5.69 Å². The summed E-state index contributed by atoms with van der Waals surface area (Å²) in [6, 6.07) is 0. The summed E-state index contributed by atoms with van der Waals surface area (Å²) in [5, 5.41) is 7.61. The third-order valence-electron chi connectivity index (χ3n) is 2.44. The third kappa shape index (κ3) is 3.34. The number of anilines is 2. The van der Waals surface area contributed by atoms with Gasteiger partial charge in [0.1, 0.15) is 6.54 Å². The maximum Gasteiger partial charge on any atom is 0.360 e. The quantitative estimate of drug-likeness (QED) is 0.555. The number of rotatable bonds is 5. The standard InChI is InChI=1S/C10H13ClN8O2/c1-2-21-8(20)7-5(3-11)19(18-17-7)4-6-14-9(12)16-10(13)15-6/h2-4H2,1H3,(H4,12,13,14,15,16). The highest BCUT2D eigenvalue weighted by Crippen LogP contribution is 2.12. The first kappa shape index (κ1) is 14.9. The van der Waals surface area contributed by atoms with E-state index >= 15 is 0 Å². The largest absolute Gasteiger partial charge is 0.461 e. The molecule has 112 valence electrons.